The molecule has 0 heterocycles. The molecule has 0 saturated carbocycles. The standard InChI is InChI=1S/C32H48N2O8S2/c1-9-39-27(35)23(3)21-43-18-16-41-29(37)33-15-14-31(5,6)25-12-11-13-26(20-25)32(7,8)34-30(38)42-17-19-44-22-24(4)28(36)40-10-2/h11-13,20H,3-4,9-10,14-19,21-22H2,1-2,5-8H3,(H,33,37)(H,34,38). The van der Waals surface area contributed by atoms with Crippen molar-refractivity contribution in [3.8, 4) is 0 Å². The number of carbonyl (C=O) groups excluding carboxylic acids is 4. The second-order valence-electron chi connectivity index (χ2n) is 10.9. The zero-order valence-corrected chi connectivity index (χ0v) is 28.5. The molecule has 0 spiro atoms. The number of amides is 2. The Morgan fingerprint density at radius 3 is 1.80 bits per heavy atom. The van der Waals surface area contributed by atoms with E-state index < -0.39 is 29.7 Å². The van der Waals surface area contributed by atoms with Gasteiger partial charge in [0, 0.05) is 40.7 Å². The van der Waals surface area contributed by atoms with Crippen LogP contribution in [0.4, 0.5) is 9.59 Å². The molecule has 44 heavy (non-hydrogen) atoms. The van der Waals surface area contributed by atoms with Gasteiger partial charge in [0.15, 0.2) is 0 Å². The van der Waals surface area contributed by atoms with Crippen molar-refractivity contribution in [3.05, 3.63) is 59.7 Å². The third kappa shape index (κ3) is 15.1. The first-order valence-corrected chi connectivity index (χ1v) is 16.9. The normalized spacial score (nSPS) is 11.2. The smallest absolute Gasteiger partial charge is 0.407 e. The van der Waals surface area contributed by atoms with E-state index >= 15 is 0 Å². The van der Waals surface area contributed by atoms with Gasteiger partial charge in [-0.3, -0.25) is 0 Å². The molecule has 0 saturated heterocycles. The van der Waals surface area contributed by atoms with Gasteiger partial charge < -0.3 is 29.6 Å². The molecule has 2 amide bonds. The van der Waals surface area contributed by atoms with Gasteiger partial charge in [0.05, 0.1) is 18.8 Å². The van der Waals surface area contributed by atoms with Crippen LogP contribution in [-0.2, 0) is 39.5 Å². The van der Waals surface area contributed by atoms with Gasteiger partial charge in [0.25, 0.3) is 0 Å². The second kappa shape index (κ2) is 20.0. The lowest BCUT2D eigenvalue weighted by Gasteiger charge is -2.30. The van der Waals surface area contributed by atoms with Gasteiger partial charge in [-0.05, 0) is 50.7 Å². The summed E-state index contributed by atoms with van der Waals surface area (Å²) in [4.78, 5) is 47.8. The molecule has 0 bridgehead atoms. The summed E-state index contributed by atoms with van der Waals surface area (Å²) in [7, 11) is 0. The van der Waals surface area contributed by atoms with Crippen molar-refractivity contribution < 1.29 is 38.1 Å². The summed E-state index contributed by atoms with van der Waals surface area (Å²) < 4.78 is 20.4. The summed E-state index contributed by atoms with van der Waals surface area (Å²) in [5.74, 6) is 1.05. The largest absolute Gasteiger partial charge is 0.463 e. The van der Waals surface area contributed by atoms with Crippen LogP contribution in [0.1, 0.15) is 59.1 Å². The first-order valence-electron chi connectivity index (χ1n) is 14.5. The minimum atomic E-state index is -0.697. The van der Waals surface area contributed by atoms with Crippen LogP contribution in [0.15, 0.2) is 48.6 Å². The van der Waals surface area contributed by atoms with Crippen molar-refractivity contribution in [2.24, 2.45) is 0 Å². The molecule has 0 atom stereocenters. The Labute approximate surface area is 270 Å². The van der Waals surface area contributed by atoms with Crippen LogP contribution >= 0.6 is 23.5 Å². The van der Waals surface area contributed by atoms with Crippen molar-refractivity contribution >= 4 is 47.6 Å². The summed E-state index contributed by atoms with van der Waals surface area (Å²) in [5, 5.41) is 5.72. The summed E-state index contributed by atoms with van der Waals surface area (Å²) in [6.07, 6.45) is -0.365. The van der Waals surface area contributed by atoms with Gasteiger partial charge in [-0.2, -0.15) is 23.5 Å². The molecule has 246 valence electrons. The maximum absolute atomic E-state index is 12.5. The number of nitrogens with one attached hydrogen (secondary N) is 2. The second-order valence-corrected chi connectivity index (χ2v) is 13.1. The summed E-state index contributed by atoms with van der Waals surface area (Å²) >= 11 is 2.88. The molecule has 12 heteroatoms. The lowest BCUT2D eigenvalue weighted by molar-refractivity contribution is -0.139. The zero-order chi connectivity index (χ0) is 33.2. The van der Waals surface area contributed by atoms with Gasteiger partial charge in [-0.25, -0.2) is 19.2 Å². The van der Waals surface area contributed by atoms with Crippen LogP contribution in [-0.4, -0.2) is 80.1 Å². The van der Waals surface area contributed by atoms with Crippen LogP contribution < -0.4 is 10.6 Å². The fraction of sp³-hybridized carbons (Fsp3) is 0.562. The summed E-state index contributed by atoms with van der Waals surface area (Å²) in [6.45, 7) is 20.3. The Morgan fingerprint density at radius 2 is 1.27 bits per heavy atom. The SMILES string of the molecule is C=C(CSCCOC(=O)NCCC(C)(C)c1cccc(C(C)(C)NC(=O)OCCSCC(=C)C(=O)OCC)c1)C(=O)OCC. The van der Waals surface area contributed by atoms with E-state index in [1.165, 1.54) is 23.5 Å². The van der Waals surface area contributed by atoms with Crippen LogP contribution in [0.3, 0.4) is 0 Å². The minimum Gasteiger partial charge on any atom is -0.463 e. The monoisotopic (exact) mass is 652 g/mol. The molecule has 1 aromatic carbocycles. The Balaban J connectivity index is 2.47. The zero-order valence-electron chi connectivity index (χ0n) is 26.9. The van der Waals surface area contributed by atoms with E-state index in [1.807, 2.05) is 32.0 Å². The first kappa shape index (κ1) is 38.9. The third-order valence-corrected chi connectivity index (χ3v) is 8.42. The van der Waals surface area contributed by atoms with E-state index in [4.69, 9.17) is 18.9 Å². The van der Waals surface area contributed by atoms with Gasteiger partial charge in [0.1, 0.15) is 13.2 Å². The fourth-order valence-corrected chi connectivity index (χ4v) is 5.15. The van der Waals surface area contributed by atoms with E-state index in [1.54, 1.807) is 13.8 Å². The van der Waals surface area contributed by atoms with Crippen LogP contribution in [0.25, 0.3) is 0 Å². The molecule has 0 aliphatic carbocycles. The highest BCUT2D eigenvalue weighted by molar-refractivity contribution is 7.99. The highest BCUT2D eigenvalue weighted by Gasteiger charge is 2.27. The predicted molar refractivity (Wildman–Crippen MR) is 177 cm³/mol. The molecule has 0 fully saturated rings. The van der Waals surface area contributed by atoms with E-state index in [9.17, 15) is 19.2 Å². The molecule has 2 N–H and O–H groups in total. The average molecular weight is 653 g/mol. The third-order valence-electron chi connectivity index (χ3n) is 6.40. The molecule has 0 aromatic heterocycles. The van der Waals surface area contributed by atoms with Crippen molar-refractivity contribution in [2.75, 3.05) is 56.0 Å². The maximum Gasteiger partial charge on any atom is 0.407 e. The molecule has 1 aromatic rings. The van der Waals surface area contributed by atoms with Gasteiger partial charge in [-0.15, -0.1) is 0 Å². The van der Waals surface area contributed by atoms with Crippen molar-refractivity contribution in [2.45, 2.75) is 58.9 Å². The number of carbonyl (C=O) groups is 4. The number of alkyl carbamates (subject to hydrolysis) is 2. The predicted octanol–water partition coefficient (Wildman–Crippen LogP) is 5.75. The Kier molecular flexibility index (Phi) is 17.7. The highest BCUT2D eigenvalue weighted by atomic mass is 32.2. The van der Waals surface area contributed by atoms with Gasteiger partial charge in [-0.1, -0.05) is 51.3 Å². The number of hydrogen-bond acceptors (Lipinski definition) is 10. The van der Waals surface area contributed by atoms with E-state index in [-0.39, 0.29) is 18.6 Å². The number of hydrogen-bond donors (Lipinski definition) is 2. The first-order chi connectivity index (χ1) is 20.7. The number of esters is 2. The average Bonchev–Trinajstić information content (AvgIpc) is 2.96. The van der Waals surface area contributed by atoms with E-state index in [2.05, 4.69) is 43.7 Å². The Bertz CT molecular complexity index is 1140. The molecule has 0 aliphatic rings. The Morgan fingerprint density at radius 1 is 0.773 bits per heavy atom. The van der Waals surface area contributed by atoms with Crippen molar-refractivity contribution in [1.29, 1.82) is 0 Å². The quantitative estimate of drug-likeness (QED) is 0.0778. The molecular formula is C32H48N2O8S2. The van der Waals surface area contributed by atoms with E-state index in [0.29, 0.717) is 60.3 Å². The molecule has 0 unspecified atom stereocenters. The van der Waals surface area contributed by atoms with Crippen LogP contribution in [0, 0.1) is 0 Å². The van der Waals surface area contributed by atoms with Crippen molar-refractivity contribution in [3.63, 3.8) is 0 Å². The number of ether oxygens (including phenoxy) is 4. The lowest BCUT2D eigenvalue weighted by Crippen LogP contribution is -2.41. The minimum absolute atomic E-state index is 0.190. The highest BCUT2D eigenvalue weighted by Crippen LogP contribution is 2.30. The summed E-state index contributed by atoms with van der Waals surface area (Å²) in [5.41, 5.74) is 1.77. The number of rotatable bonds is 20. The van der Waals surface area contributed by atoms with Gasteiger partial charge >= 0.3 is 24.1 Å². The van der Waals surface area contributed by atoms with E-state index in [0.717, 1.165) is 11.1 Å². The lowest BCUT2D eigenvalue weighted by atomic mass is 9.79. The summed E-state index contributed by atoms with van der Waals surface area (Å²) in [6, 6.07) is 7.98. The fourth-order valence-electron chi connectivity index (χ4n) is 3.73. The molecule has 10 nitrogen and oxygen atoms in total. The Hall–Kier alpha value is -3.12. The number of thioether (sulfide) groups is 2. The van der Waals surface area contributed by atoms with Crippen LogP contribution in [0.2, 0.25) is 0 Å². The molecule has 0 radical (unpaired) electrons. The van der Waals surface area contributed by atoms with Crippen LogP contribution in [0.5, 0.6) is 0 Å². The maximum atomic E-state index is 12.5. The molecule has 1 rings (SSSR count). The van der Waals surface area contributed by atoms with Crippen molar-refractivity contribution in [1.82, 2.24) is 10.6 Å². The van der Waals surface area contributed by atoms with Gasteiger partial charge in [0.2, 0.25) is 0 Å². The molecule has 0 aliphatic heterocycles. The molecular weight excluding hydrogens is 604 g/mol. The number of benzene rings is 1. The topological polar surface area (TPSA) is 129 Å².